The van der Waals surface area contributed by atoms with E-state index in [-0.39, 0.29) is 6.71 Å². The van der Waals surface area contributed by atoms with Crippen molar-refractivity contribution in [1.29, 1.82) is 0 Å². The highest BCUT2D eigenvalue weighted by Crippen LogP contribution is 2.48. The summed E-state index contributed by atoms with van der Waals surface area (Å²) in [6.45, 7) is 0.0880. The number of nitrogens with zero attached hydrogens (tertiary/aromatic N) is 6. The first-order valence-electron chi connectivity index (χ1n) is 30.3. The molecule has 0 atom stereocenters. The van der Waals surface area contributed by atoms with Gasteiger partial charge in [-0.25, -0.2) is 15.0 Å². The van der Waals surface area contributed by atoms with Gasteiger partial charge in [-0.15, -0.1) is 11.3 Å². The summed E-state index contributed by atoms with van der Waals surface area (Å²) in [5.74, 6) is 1.82. The van der Waals surface area contributed by atoms with Crippen molar-refractivity contribution in [2.24, 2.45) is 0 Å². The maximum Gasteiger partial charge on any atom is 0.252 e. The Morgan fingerprint density at radius 2 is 0.787 bits per heavy atom. The van der Waals surface area contributed by atoms with Gasteiger partial charge in [0.2, 0.25) is 0 Å². The van der Waals surface area contributed by atoms with Crippen LogP contribution in [0.3, 0.4) is 0 Å². The predicted molar refractivity (Wildman–Crippen MR) is 374 cm³/mol. The molecular weight excluding hydrogens is 1100 g/mol. The van der Waals surface area contributed by atoms with Crippen LogP contribution in [0.5, 0.6) is 0 Å². The first-order chi connectivity index (χ1) is 44.2. The summed E-state index contributed by atoms with van der Waals surface area (Å²) >= 11 is 1.87. The Labute approximate surface area is 519 Å². The van der Waals surface area contributed by atoms with Crippen molar-refractivity contribution in [1.82, 2.24) is 19.5 Å². The van der Waals surface area contributed by atoms with Crippen LogP contribution >= 0.6 is 11.3 Å². The highest BCUT2D eigenvalue weighted by molar-refractivity contribution is 7.26. The van der Waals surface area contributed by atoms with E-state index in [2.05, 4.69) is 287 Å². The maximum absolute atomic E-state index is 5.39. The second-order valence-electron chi connectivity index (χ2n) is 23.0. The van der Waals surface area contributed by atoms with E-state index in [0.717, 1.165) is 78.2 Å². The number of para-hydroxylation sites is 5. The molecule has 16 aromatic rings. The van der Waals surface area contributed by atoms with Crippen LogP contribution in [0.2, 0.25) is 0 Å². The average molecular weight is 1150 g/mol. The fraction of sp³-hybridized carbons (Fsp3) is 0. The van der Waals surface area contributed by atoms with Gasteiger partial charge in [0, 0.05) is 87.3 Å². The SMILES string of the molecule is c1ccc(-c2nc(-c3ccccc3)nc(-c3cccc(-c4cccc(-c5cccc(-c6ccc(N7c8ccccc8B8c9ccccc9N(c9ccccc9)c9cccc7c98)cc6)c5)c4)c3-n3c4ccccc4c4c5sc6ccccc6c5ccc43)n2)cc1. The van der Waals surface area contributed by atoms with E-state index in [9.17, 15) is 0 Å². The molecule has 8 heteroatoms. The minimum Gasteiger partial charge on any atom is -0.311 e. The Hall–Kier alpha value is -11.4. The monoisotopic (exact) mass is 1150 g/mol. The summed E-state index contributed by atoms with van der Waals surface area (Å²) in [5.41, 5.74) is 23.6. The van der Waals surface area contributed by atoms with Crippen molar-refractivity contribution in [2.45, 2.75) is 0 Å². The normalized spacial score (nSPS) is 12.4. The fourth-order valence-electron chi connectivity index (χ4n) is 14.1. The smallest absolute Gasteiger partial charge is 0.252 e. The number of anilines is 6. The molecule has 0 N–H and O–H groups in total. The summed E-state index contributed by atoms with van der Waals surface area (Å²) < 4.78 is 5.02. The van der Waals surface area contributed by atoms with Crippen LogP contribution in [0.1, 0.15) is 0 Å². The van der Waals surface area contributed by atoms with Crippen LogP contribution < -0.4 is 26.2 Å². The number of hydrogen-bond donors (Lipinski definition) is 0. The van der Waals surface area contributed by atoms with Crippen LogP contribution in [0.25, 0.3) is 115 Å². The van der Waals surface area contributed by atoms with Crippen LogP contribution in [-0.4, -0.2) is 26.2 Å². The third-order valence-electron chi connectivity index (χ3n) is 18.0. The molecule has 2 aliphatic heterocycles. The number of rotatable bonds is 9. The molecule has 89 heavy (non-hydrogen) atoms. The number of fused-ring (bicyclic) bond motifs is 11. The lowest BCUT2D eigenvalue weighted by molar-refractivity contribution is 1.06. The van der Waals surface area contributed by atoms with Crippen LogP contribution in [0.15, 0.2) is 309 Å². The summed E-state index contributed by atoms with van der Waals surface area (Å²) in [7, 11) is 0. The van der Waals surface area contributed by atoms with Crippen LogP contribution in [0.4, 0.5) is 34.1 Å². The second-order valence-corrected chi connectivity index (χ2v) is 24.1. The molecule has 3 aromatic heterocycles. The molecule has 0 saturated heterocycles. The third kappa shape index (κ3) is 8.22. The van der Waals surface area contributed by atoms with Gasteiger partial charge in [-0.1, -0.05) is 224 Å². The molecule has 0 spiro atoms. The molecule has 0 amide bonds. The topological polar surface area (TPSA) is 50.1 Å². The largest absolute Gasteiger partial charge is 0.311 e. The molecule has 6 nitrogen and oxygen atoms in total. The van der Waals surface area contributed by atoms with Gasteiger partial charge < -0.3 is 14.4 Å². The summed E-state index contributed by atoms with van der Waals surface area (Å²) in [6.07, 6.45) is 0. The molecule has 0 radical (unpaired) electrons. The van der Waals surface area contributed by atoms with Crippen molar-refractivity contribution >= 4 is 111 Å². The van der Waals surface area contributed by atoms with E-state index in [1.54, 1.807) is 0 Å². The Kier molecular flexibility index (Phi) is 11.8. The molecule has 18 rings (SSSR count). The molecule has 13 aromatic carbocycles. The van der Waals surface area contributed by atoms with E-state index in [0.29, 0.717) is 17.5 Å². The first kappa shape index (κ1) is 50.8. The van der Waals surface area contributed by atoms with Crippen molar-refractivity contribution in [3.8, 4) is 73.2 Å². The zero-order valence-electron chi connectivity index (χ0n) is 48.1. The van der Waals surface area contributed by atoms with Gasteiger partial charge in [0.25, 0.3) is 6.71 Å². The van der Waals surface area contributed by atoms with Crippen molar-refractivity contribution in [3.05, 3.63) is 309 Å². The minimum absolute atomic E-state index is 0.0880. The molecular formula is C81H51BN6S. The summed E-state index contributed by atoms with van der Waals surface area (Å²) in [4.78, 5) is 20.8. The van der Waals surface area contributed by atoms with E-state index in [1.165, 1.54) is 70.1 Å². The van der Waals surface area contributed by atoms with Gasteiger partial charge in [0.15, 0.2) is 17.5 Å². The highest BCUT2D eigenvalue weighted by atomic mass is 32.1. The second kappa shape index (κ2) is 20.6. The number of thiophene rings is 1. The van der Waals surface area contributed by atoms with Gasteiger partial charge in [0.1, 0.15) is 0 Å². The van der Waals surface area contributed by atoms with Gasteiger partial charge in [-0.05, 0) is 129 Å². The molecule has 5 heterocycles. The molecule has 0 saturated carbocycles. The van der Waals surface area contributed by atoms with E-state index < -0.39 is 0 Å². The Morgan fingerprint density at radius 1 is 0.303 bits per heavy atom. The maximum atomic E-state index is 5.39. The van der Waals surface area contributed by atoms with Gasteiger partial charge >= 0.3 is 0 Å². The predicted octanol–water partition coefficient (Wildman–Crippen LogP) is 19.4. The standard InChI is InChI=1S/C81H51BN6S/c1-4-22-53(23-5-1)79-83-80(54-24-6-2-7-25-54)85-81(84-79)65-35-20-34-61(77(65)88-68-38-14-10-33-64(68)75-71(88)49-48-63-62-32-11-17-43-74(62)89-78(63)75)58-29-19-28-57(51-58)56-27-18-26-55(50-56)52-44-46-60(47-45-52)87-70-40-16-13-37-67(70)82-66-36-12-15-39-69(66)86(59-30-8-3-9-31-59)72-41-21-42-73(87)76(72)82/h1-51H. The van der Waals surface area contributed by atoms with Crippen LogP contribution in [0, 0.1) is 0 Å². The zero-order chi connectivity index (χ0) is 58.5. The lowest BCUT2D eigenvalue weighted by atomic mass is 9.33. The summed E-state index contributed by atoms with van der Waals surface area (Å²) in [5, 5.41) is 4.97. The van der Waals surface area contributed by atoms with E-state index >= 15 is 0 Å². The van der Waals surface area contributed by atoms with Crippen LogP contribution in [-0.2, 0) is 0 Å². The first-order valence-corrected chi connectivity index (χ1v) is 31.1. The Bertz CT molecular complexity index is 5410. The molecule has 0 unspecified atom stereocenters. The lowest BCUT2D eigenvalue weighted by Crippen LogP contribution is -2.61. The number of benzene rings is 13. The lowest BCUT2D eigenvalue weighted by Gasteiger charge is -2.44. The highest BCUT2D eigenvalue weighted by Gasteiger charge is 2.43. The quantitative estimate of drug-likeness (QED) is 0.135. The van der Waals surface area contributed by atoms with Crippen molar-refractivity contribution in [3.63, 3.8) is 0 Å². The van der Waals surface area contributed by atoms with Crippen molar-refractivity contribution in [2.75, 3.05) is 9.80 Å². The van der Waals surface area contributed by atoms with E-state index in [1.807, 2.05) is 47.7 Å². The average Bonchev–Trinajstić information content (AvgIpc) is 1.63. The Balaban J connectivity index is 0.767. The van der Waals surface area contributed by atoms with Gasteiger partial charge in [-0.2, -0.15) is 0 Å². The van der Waals surface area contributed by atoms with Gasteiger partial charge in [-0.3, -0.25) is 0 Å². The van der Waals surface area contributed by atoms with Crippen molar-refractivity contribution < 1.29 is 0 Å². The summed E-state index contributed by atoms with van der Waals surface area (Å²) in [6, 6.07) is 112. The molecule has 414 valence electrons. The molecule has 2 aliphatic rings. The zero-order valence-corrected chi connectivity index (χ0v) is 48.9. The number of hydrogen-bond acceptors (Lipinski definition) is 6. The van der Waals surface area contributed by atoms with E-state index in [4.69, 9.17) is 15.0 Å². The third-order valence-corrected chi connectivity index (χ3v) is 19.2. The molecule has 0 fully saturated rings. The Morgan fingerprint density at radius 3 is 1.46 bits per heavy atom. The van der Waals surface area contributed by atoms with Gasteiger partial charge in [0.05, 0.1) is 16.7 Å². The fourth-order valence-corrected chi connectivity index (χ4v) is 15.4. The molecule has 0 bridgehead atoms. The minimum atomic E-state index is 0.0880. The molecule has 0 aliphatic carbocycles. The number of aromatic nitrogens is 4.